The third-order valence-electron chi connectivity index (χ3n) is 5.12. The van der Waals surface area contributed by atoms with Crippen molar-refractivity contribution in [3.8, 4) is 11.5 Å². The second-order valence-electron chi connectivity index (χ2n) is 7.58. The minimum absolute atomic E-state index is 0.180. The van der Waals surface area contributed by atoms with Crippen LogP contribution in [-0.2, 0) is 10.9 Å². The Morgan fingerprint density at radius 3 is 2.48 bits per heavy atom. The van der Waals surface area contributed by atoms with E-state index in [1.165, 1.54) is 6.07 Å². The Kier molecular flexibility index (Phi) is 7.57. The predicted octanol–water partition coefficient (Wildman–Crippen LogP) is 5.34. The van der Waals surface area contributed by atoms with Crippen molar-refractivity contribution in [2.45, 2.75) is 45.5 Å². The molecule has 178 valence electrons. The summed E-state index contributed by atoms with van der Waals surface area (Å²) in [5, 5.41) is 3.86. The topological polar surface area (TPSA) is 78.4 Å². The fraction of sp³-hybridized carbons (Fsp3) is 0.435. The van der Waals surface area contributed by atoms with Crippen LogP contribution in [0.3, 0.4) is 0 Å². The minimum atomic E-state index is -4.52. The number of aryl methyl sites for hydroxylation is 1. The molecule has 3 rings (SSSR count). The smallest absolute Gasteiger partial charge is 0.433 e. The van der Waals surface area contributed by atoms with E-state index in [2.05, 4.69) is 20.3 Å². The first-order valence-electron chi connectivity index (χ1n) is 10.5. The second-order valence-corrected chi connectivity index (χ2v) is 7.58. The number of rotatable bonds is 9. The Labute approximate surface area is 190 Å². The van der Waals surface area contributed by atoms with Crippen LogP contribution in [0.25, 0.3) is 10.9 Å². The van der Waals surface area contributed by atoms with Crippen molar-refractivity contribution in [1.29, 1.82) is 0 Å². The van der Waals surface area contributed by atoms with Gasteiger partial charge < -0.3 is 19.5 Å². The maximum absolute atomic E-state index is 13.1. The molecule has 0 saturated heterocycles. The fourth-order valence-corrected chi connectivity index (χ4v) is 3.37. The van der Waals surface area contributed by atoms with Gasteiger partial charge in [-0.15, -0.1) is 0 Å². The highest BCUT2D eigenvalue weighted by Gasteiger charge is 2.32. The molecule has 2 atom stereocenters. The first-order chi connectivity index (χ1) is 15.7. The van der Waals surface area contributed by atoms with Crippen LogP contribution < -0.4 is 14.8 Å². The van der Waals surface area contributed by atoms with E-state index < -0.39 is 17.9 Å². The average Bonchev–Trinajstić information content (AvgIpc) is 2.78. The molecule has 2 aromatic heterocycles. The SMILES string of the molecule is CCC(COC)Oc1cc2c(N[C@H](C)c3ccnc(C(F)(F)F)c3)nc(C)nc2cc1OC. The number of alkyl halides is 3. The van der Waals surface area contributed by atoms with Gasteiger partial charge in [0.1, 0.15) is 23.4 Å². The molecule has 0 fully saturated rings. The second kappa shape index (κ2) is 10.2. The summed E-state index contributed by atoms with van der Waals surface area (Å²) < 4.78 is 56.1. The lowest BCUT2D eigenvalue weighted by Gasteiger charge is -2.21. The average molecular weight is 464 g/mol. The van der Waals surface area contributed by atoms with E-state index in [9.17, 15) is 13.2 Å². The maximum atomic E-state index is 13.1. The molecule has 2 heterocycles. The van der Waals surface area contributed by atoms with Gasteiger partial charge in [-0.2, -0.15) is 13.2 Å². The van der Waals surface area contributed by atoms with Gasteiger partial charge in [-0.25, -0.2) is 9.97 Å². The van der Waals surface area contributed by atoms with Gasteiger partial charge in [-0.05, 0) is 44.0 Å². The Bertz CT molecular complexity index is 1110. The lowest BCUT2D eigenvalue weighted by Crippen LogP contribution is -2.21. The number of fused-ring (bicyclic) bond motifs is 1. The zero-order chi connectivity index (χ0) is 24.2. The highest BCUT2D eigenvalue weighted by atomic mass is 19.4. The molecule has 10 heteroatoms. The Hall–Kier alpha value is -3.14. The largest absolute Gasteiger partial charge is 0.493 e. The van der Waals surface area contributed by atoms with Gasteiger partial charge >= 0.3 is 6.18 Å². The summed E-state index contributed by atoms with van der Waals surface area (Å²) in [5.41, 5.74) is 0.103. The number of hydrogen-bond acceptors (Lipinski definition) is 7. The van der Waals surface area contributed by atoms with Crippen LogP contribution in [0, 0.1) is 6.92 Å². The summed E-state index contributed by atoms with van der Waals surface area (Å²) in [7, 11) is 3.15. The molecular weight excluding hydrogens is 437 g/mol. The zero-order valence-corrected chi connectivity index (χ0v) is 19.2. The molecule has 0 radical (unpaired) electrons. The van der Waals surface area contributed by atoms with Gasteiger partial charge in [0, 0.05) is 24.8 Å². The number of nitrogens with zero attached hydrogens (tertiary/aromatic N) is 3. The number of anilines is 1. The van der Waals surface area contributed by atoms with E-state index in [1.54, 1.807) is 40.2 Å². The summed E-state index contributed by atoms with van der Waals surface area (Å²) in [4.78, 5) is 12.4. The van der Waals surface area contributed by atoms with Gasteiger partial charge in [-0.1, -0.05) is 6.92 Å². The molecule has 1 unspecified atom stereocenters. The van der Waals surface area contributed by atoms with Crippen molar-refractivity contribution >= 4 is 16.7 Å². The lowest BCUT2D eigenvalue weighted by atomic mass is 10.1. The number of nitrogens with one attached hydrogen (secondary N) is 1. The van der Waals surface area contributed by atoms with E-state index in [1.807, 2.05) is 6.92 Å². The number of hydrogen-bond donors (Lipinski definition) is 1. The number of halogens is 3. The van der Waals surface area contributed by atoms with Crippen LogP contribution in [0.5, 0.6) is 11.5 Å². The number of pyridine rings is 1. The van der Waals surface area contributed by atoms with Gasteiger partial charge in [0.2, 0.25) is 0 Å². The van der Waals surface area contributed by atoms with Crippen LogP contribution in [-0.4, -0.2) is 41.9 Å². The quantitative estimate of drug-likeness (QED) is 0.458. The fourth-order valence-electron chi connectivity index (χ4n) is 3.37. The maximum Gasteiger partial charge on any atom is 0.433 e. The molecule has 1 aromatic carbocycles. The van der Waals surface area contributed by atoms with E-state index in [0.29, 0.717) is 46.2 Å². The molecular formula is C23H27F3N4O3. The Balaban J connectivity index is 2.01. The molecule has 0 spiro atoms. The van der Waals surface area contributed by atoms with E-state index in [0.717, 1.165) is 18.7 Å². The van der Waals surface area contributed by atoms with Gasteiger partial charge in [0.15, 0.2) is 11.5 Å². The van der Waals surface area contributed by atoms with Crippen LogP contribution in [0.4, 0.5) is 19.0 Å². The van der Waals surface area contributed by atoms with Gasteiger partial charge in [0.25, 0.3) is 0 Å². The number of aromatic nitrogens is 3. The van der Waals surface area contributed by atoms with Crippen LogP contribution in [0.2, 0.25) is 0 Å². The summed E-state index contributed by atoms with van der Waals surface area (Å²) in [6.45, 7) is 5.90. The monoisotopic (exact) mass is 464 g/mol. The minimum Gasteiger partial charge on any atom is -0.493 e. The number of methoxy groups -OCH3 is 2. The molecule has 0 aliphatic carbocycles. The summed E-state index contributed by atoms with van der Waals surface area (Å²) >= 11 is 0. The van der Waals surface area contributed by atoms with Crippen molar-refractivity contribution in [3.63, 3.8) is 0 Å². The van der Waals surface area contributed by atoms with Crippen molar-refractivity contribution < 1.29 is 27.4 Å². The molecule has 0 bridgehead atoms. The molecule has 7 nitrogen and oxygen atoms in total. The molecule has 33 heavy (non-hydrogen) atoms. The van der Waals surface area contributed by atoms with Crippen molar-refractivity contribution in [2.75, 3.05) is 26.1 Å². The molecule has 0 saturated carbocycles. The lowest BCUT2D eigenvalue weighted by molar-refractivity contribution is -0.141. The number of ether oxygens (including phenoxy) is 3. The van der Waals surface area contributed by atoms with Crippen molar-refractivity contribution in [2.24, 2.45) is 0 Å². The van der Waals surface area contributed by atoms with Crippen LogP contribution in [0.15, 0.2) is 30.5 Å². The number of benzene rings is 1. The first-order valence-corrected chi connectivity index (χ1v) is 10.5. The summed E-state index contributed by atoms with van der Waals surface area (Å²) in [6, 6.07) is 5.62. The highest BCUT2D eigenvalue weighted by Crippen LogP contribution is 2.36. The molecule has 3 aromatic rings. The Morgan fingerprint density at radius 1 is 1.09 bits per heavy atom. The normalized spacial score (nSPS) is 13.6. The zero-order valence-electron chi connectivity index (χ0n) is 19.2. The Morgan fingerprint density at radius 2 is 1.85 bits per heavy atom. The highest BCUT2D eigenvalue weighted by molar-refractivity contribution is 5.92. The molecule has 1 N–H and O–H groups in total. The predicted molar refractivity (Wildman–Crippen MR) is 119 cm³/mol. The molecule has 0 aliphatic heterocycles. The third-order valence-corrected chi connectivity index (χ3v) is 5.12. The van der Waals surface area contributed by atoms with Gasteiger partial charge in [-0.3, -0.25) is 4.98 Å². The standard InChI is InChI=1S/C23H27F3N4O3/c1-6-16(12-31-4)33-20-10-17-18(11-19(20)32-5)29-14(3)30-22(17)28-13(2)15-7-8-27-21(9-15)23(24,25)26/h7-11,13,16H,6,12H2,1-5H3,(H,28,29,30)/t13-,16?/m1/s1. The van der Waals surface area contributed by atoms with Gasteiger partial charge in [0.05, 0.1) is 25.3 Å². The summed E-state index contributed by atoms with van der Waals surface area (Å²) in [6.07, 6.45) is -2.82. The van der Waals surface area contributed by atoms with Crippen molar-refractivity contribution in [3.05, 3.63) is 47.5 Å². The summed E-state index contributed by atoms with van der Waals surface area (Å²) in [5.74, 6) is 1.99. The molecule has 0 aliphatic rings. The van der Waals surface area contributed by atoms with Crippen molar-refractivity contribution in [1.82, 2.24) is 15.0 Å². The third kappa shape index (κ3) is 5.81. The van der Waals surface area contributed by atoms with E-state index >= 15 is 0 Å². The molecule has 0 amide bonds. The van der Waals surface area contributed by atoms with Crippen LogP contribution in [0.1, 0.15) is 43.4 Å². The van der Waals surface area contributed by atoms with E-state index in [-0.39, 0.29) is 6.10 Å². The first kappa shape index (κ1) is 24.5. The van der Waals surface area contributed by atoms with E-state index in [4.69, 9.17) is 14.2 Å². The van der Waals surface area contributed by atoms with Crippen LogP contribution >= 0.6 is 0 Å².